The molecule has 2 unspecified atom stereocenters. The third-order valence-corrected chi connectivity index (χ3v) is 7.44. The molecule has 0 spiro atoms. The van der Waals surface area contributed by atoms with E-state index in [1.165, 1.54) is 28.8 Å². The number of carbonyl (C=O) groups is 2. The van der Waals surface area contributed by atoms with Crippen LogP contribution in [0.25, 0.3) is 0 Å². The molecule has 33 heavy (non-hydrogen) atoms. The van der Waals surface area contributed by atoms with Crippen LogP contribution in [0.15, 0.2) is 65.2 Å². The molecule has 1 fully saturated rings. The number of aliphatic carboxylic acids is 1. The summed E-state index contributed by atoms with van der Waals surface area (Å²) in [5.74, 6) is -0.640. The van der Waals surface area contributed by atoms with Crippen molar-refractivity contribution < 1.29 is 32.4 Å². The average molecular weight is 493 g/mol. The van der Waals surface area contributed by atoms with E-state index in [2.05, 4.69) is 0 Å². The number of benzene rings is 2. The summed E-state index contributed by atoms with van der Waals surface area (Å²) in [6, 6.07) is 13.0. The fourth-order valence-corrected chi connectivity index (χ4v) is 5.31. The Morgan fingerprint density at radius 3 is 2.27 bits per heavy atom. The fourth-order valence-electron chi connectivity index (χ4n) is 3.35. The van der Waals surface area contributed by atoms with Gasteiger partial charge in [0.1, 0.15) is 22.9 Å². The number of nitrogens with zero attached hydrogens (tertiary/aromatic N) is 1. The lowest BCUT2D eigenvalue weighted by molar-refractivity contribution is -0.147. The quantitative estimate of drug-likeness (QED) is 0.421. The van der Waals surface area contributed by atoms with Gasteiger partial charge in [0.2, 0.25) is 5.91 Å². The van der Waals surface area contributed by atoms with E-state index in [0.717, 1.165) is 16.9 Å². The molecule has 176 valence electrons. The van der Waals surface area contributed by atoms with E-state index in [9.17, 15) is 23.1 Å². The topological polar surface area (TPSA) is 147 Å². The Hall–Kier alpha value is -2.86. The maximum absolute atomic E-state index is 11.7. The van der Waals surface area contributed by atoms with Crippen molar-refractivity contribution >= 4 is 33.8 Å². The Labute approximate surface area is 196 Å². The molecule has 4 rings (SSSR count). The first-order chi connectivity index (χ1) is 15.5. The van der Waals surface area contributed by atoms with Crippen molar-refractivity contribution in [3.05, 3.63) is 71.4 Å². The molecule has 1 amide bonds. The second kappa shape index (κ2) is 9.96. The largest absolute Gasteiger partial charge is 0.497 e. The number of rotatable bonds is 5. The number of carboxylic acids is 1. The monoisotopic (exact) mass is 492 g/mol. The summed E-state index contributed by atoms with van der Waals surface area (Å²) >= 11 is 1.53. The minimum absolute atomic E-state index is 0.0279. The fraction of sp³-hybridized carbons (Fsp3) is 0.273. The average Bonchev–Trinajstić information content (AvgIpc) is 2.78. The zero-order valence-electron chi connectivity index (χ0n) is 17.9. The molecule has 4 N–H and O–H groups in total. The predicted molar refractivity (Wildman–Crippen MR) is 123 cm³/mol. The van der Waals surface area contributed by atoms with Crippen LogP contribution in [0.2, 0.25) is 0 Å². The number of carboxylic acid groups (broad SMARTS) is 1. The lowest BCUT2D eigenvalue weighted by Crippen LogP contribution is -2.68. The van der Waals surface area contributed by atoms with Crippen molar-refractivity contribution in [2.75, 3.05) is 7.11 Å². The molecule has 2 aliphatic rings. The minimum atomic E-state index is -4.02. The highest BCUT2D eigenvalue weighted by atomic mass is 32.2. The van der Waals surface area contributed by atoms with Crippen LogP contribution in [0.5, 0.6) is 5.75 Å². The maximum atomic E-state index is 11.7. The number of amides is 1. The number of thioether (sulfide) groups is 1. The molecule has 2 heterocycles. The Kier molecular flexibility index (Phi) is 7.48. The van der Waals surface area contributed by atoms with Gasteiger partial charge in [0.25, 0.3) is 10.1 Å². The standard InChI is InChI=1S/C15H16N2O4S.C7H8O3S/c1-21-9-4-2-8(3-5-9)6-10-7-11(15(19)20)17-13(18)12(16)14(17)22-10;1-6-2-4-7(5-3-6)11(8,9)10/h2-5,7,10,12,14H,6,16H2,1H3,(H,19,20);2-5H,1H3,(H,8,9,10)/t10?,12?,14-;/m1./s1. The van der Waals surface area contributed by atoms with Gasteiger partial charge < -0.3 is 15.6 Å². The molecular weight excluding hydrogens is 468 g/mol. The number of hydrogen-bond donors (Lipinski definition) is 3. The van der Waals surface area contributed by atoms with Crippen LogP contribution in [0.1, 0.15) is 11.1 Å². The van der Waals surface area contributed by atoms with Crippen LogP contribution in [0.4, 0.5) is 0 Å². The summed E-state index contributed by atoms with van der Waals surface area (Å²) in [5, 5.41) is 8.97. The minimum Gasteiger partial charge on any atom is -0.497 e. The Bertz CT molecular complexity index is 1160. The first kappa shape index (κ1) is 24.8. The highest BCUT2D eigenvalue weighted by Gasteiger charge is 2.51. The third-order valence-electron chi connectivity index (χ3n) is 5.14. The third kappa shape index (κ3) is 5.74. The molecule has 0 aliphatic carbocycles. The summed E-state index contributed by atoms with van der Waals surface area (Å²) < 4.78 is 34.7. The Morgan fingerprint density at radius 2 is 1.76 bits per heavy atom. The zero-order valence-corrected chi connectivity index (χ0v) is 19.5. The number of aryl methyl sites for hydroxylation is 1. The first-order valence-corrected chi connectivity index (χ1v) is 12.3. The van der Waals surface area contributed by atoms with Crippen molar-refractivity contribution in [2.24, 2.45) is 5.73 Å². The smallest absolute Gasteiger partial charge is 0.352 e. The van der Waals surface area contributed by atoms with Gasteiger partial charge in [0.05, 0.1) is 12.0 Å². The SMILES string of the molecule is COc1ccc(CC2C=C(C(=O)O)N3C(=O)C(N)[C@H]3S2)cc1.Cc1ccc(S(=O)(=O)O)cc1. The van der Waals surface area contributed by atoms with Crippen molar-refractivity contribution in [3.8, 4) is 5.75 Å². The van der Waals surface area contributed by atoms with Crippen LogP contribution in [0.3, 0.4) is 0 Å². The summed E-state index contributed by atoms with van der Waals surface area (Å²) in [5.41, 5.74) is 7.85. The van der Waals surface area contributed by atoms with Crippen molar-refractivity contribution in [2.45, 2.75) is 34.9 Å². The Balaban J connectivity index is 0.000000235. The highest BCUT2D eigenvalue weighted by Crippen LogP contribution is 2.41. The first-order valence-electron chi connectivity index (χ1n) is 9.87. The Morgan fingerprint density at radius 1 is 1.15 bits per heavy atom. The summed E-state index contributed by atoms with van der Waals surface area (Å²) in [4.78, 5) is 24.3. The molecule has 3 atom stereocenters. The number of carbonyl (C=O) groups excluding carboxylic acids is 1. The van der Waals surface area contributed by atoms with Gasteiger partial charge in [-0.05, 0) is 49.2 Å². The van der Waals surface area contributed by atoms with E-state index in [1.807, 2.05) is 31.2 Å². The van der Waals surface area contributed by atoms with Crippen LogP contribution >= 0.6 is 11.8 Å². The number of β-lactam (4-membered cyclic amide) rings is 1. The molecule has 0 bridgehead atoms. The number of ether oxygens (including phenoxy) is 1. The van der Waals surface area contributed by atoms with E-state index < -0.39 is 22.1 Å². The van der Waals surface area contributed by atoms with E-state index in [1.54, 1.807) is 25.3 Å². The van der Waals surface area contributed by atoms with Gasteiger partial charge in [0, 0.05) is 5.25 Å². The molecule has 0 saturated carbocycles. The van der Waals surface area contributed by atoms with E-state index in [0.29, 0.717) is 6.42 Å². The van der Waals surface area contributed by atoms with E-state index in [-0.39, 0.29) is 27.1 Å². The summed E-state index contributed by atoms with van der Waals surface area (Å²) in [6.45, 7) is 1.84. The maximum Gasteiger partial charge on any atom is 0.352 e. The van der Waals surface area contributed by atoms with Crippen LogP contribution in [-0.2, 0) is 26.1 Å². The molecule has 9 nitrogen and oxygen atoms in total. The van der Waals surface area contributed by atoms with Gasteiger partial charge >= 0.3 is 5.97 Å². The van der Waals surface area contributed by atoms with Crippen molar-refractivity contribution in [1.29, 1.82) is 0 Å². The summed E-state index contributed by atoms with van der Waals surface area (Å²) in [6.07, 6.45) is 2.31. The molecule has 1 saturated heterocycles. The number of methoxy groups -OCH3 is 1. The molecule has 11 heteroatoms. The van der Waals surface area contributed by atoms with Crippen molar-refractivity contribution in [1.82, 2.24) is 4.90 Å². The molecular formula is C22H24N2O7S2. The van der Waals surface area contributed by atoms with Crippen LogP contribution < -0.4 is 10.5 Å². The van der Waals surface area contributed by atoms with Gasteiger partial charge in [-0.3, -0.25) is 14.2 Å². The van der Waals surface area contributed by atoms with E-state index >= 15 is 0 Å². The van der Waals surface area contributed by atoms with Gasteiger partial charge in [-0.25, -0.2) is 4.79 Å². The molecule has 2 aromatic rings. The normalized spacial score (nSPS) is 21.7. The lowest BCUT2D eigenvalue weighted by atomic mass is 10.0. The van der Waals surface area contributed by atoms with Gasteiger partial charge in [-0.2, -0.15) is 8.42 Å². The molecule has 2 aromatic carbocycles. The predicted octanol–water partition coefficient (Wildman–Crippen LogP) is 2.06. The number of hydrogen-bond acceptors (Lipinski definition) is 7. The van der Waals surface area contributed by atoms with E-state index in [4.69, 9.17) is 15.0 Å². The number of fused-ring (bicyclic) bond motifs is 1. The zero-order chi connectivity index (χ0) is 24.3. The molecule has 0 radical (unpaired) electrons. The van der Waals surface area contributed by atoms with Crippen LogP contribution in [-0.4, -0.2) is 58.6 Å². The second-order valence-electron chi connectivity index (χ2n) is 7.50. The lowest BCUT2D eigenvalue weighted by Gasteiger charge is -2.48. The van der Waals surface area contributed by atoms with Crippen molar-refractivity contribution in [3.63, 3.8) is 0 Å². The van der Waals surface area contributed by atoms with Gasteiger partial charge in [-0.1, -0.05) is 29.8 Å². The van der Waals surface area contributed by atoms with Gasteiger partial charge in [0.15, 0.2) is 0 Å². The van der Waals surface area contributed by atoms with Crippen LogP contribution in [0, 0.1) is 6.92 Å². The number of nitrogens with two attached hydrogens (primary N) is 1. The molecule has 0 aromatic heterocycles. The summed E-state index contributed by atoms with van der Waals surface area (Å²) in [7, 11) is -2.41. The van der Waals surface area contributed by atoms with Gasteiger partial charge in [-0.15, -0.1) is 11.8 Å². The highest BCUT2D eigenvalue weighted by molar-refractivity contribution is 8.00. The molecule has 2 aliphatic heterocycles. The second-order valence-corrected chi connectivity index (χ2v) is 10.3.